The number of morpholine rings is 1. The SMILES string of the molecule is CS(=O)(=O)c1cn[nH]c1C1COCCN1Cc1nccs1. The van der Waals surface area contributed by atoms with Crippen LogP contribution >= 0.6 is 11.3 Å². The summed E-state index contributed by atoms with van der Waals surface area (Å²) in [6, 6.07) is -0.158. The highest BCUT2D eigenvalue weighted by molar-refractivity contribution is 7.90. The van der Waals surface area contributed by atoms with Crippen LogP contribution in [0, 0.1) is 0 Å². The molecule has 0 bridgehead atoms. The van der Waals surface area contributed by atoms with Gasteiger partial charge in [-0.1, -0.05) is 0 Å². The molecule has 0 spiro atoms. The van der Waals surface area contributed by atoms with Crippen molar-refractivity contribution in [1.82, 2.24) is 20.1 Å². The molecule has 0 aromatic carbocycles. The first-order valence-corrected chi connectivity index (χ1v) is 9.26. The third-order valence-electron chi connectivity index (χ3n) is 3.43. The van der Waals surface area contributed by atoms with Gasteiger partial charge in [0.15, 0.2) is 9.84 Å². The molecule has 0 aliphatic carbocycles. The lowest BCUT2D eigenvalue weighted by atomic mass is 10.1. The summed E-state index contributed by atoms with van der Waals surface area (Å²) in [5.74, 6) is 0. The summed E-state index contributed by atoms with van der Waals surface area (Å²) in [6.45, 7) is 2.47. The monoisotopic (exact) mass is 328 g/mol. The molecule has 1 saturated heterocycles. The van der Waals surface area contributed by atoms with E-state index in [1.807, 2.05) is 5.38 Å². The minimum atomic E-state index is -3.31. The van der Waals surface area contributed by atoms with Gasteiger partial charge in [0, 0.05) is 24.4 Å². The first kappa shape index (κ1) is 14.6. The van der Waals surface area contributed by atoms with E-state index in [1.165, 1.54) is 12.5 Å². The van der Waals surface area contributed by atoms with Crippen LogP contribution in [0.4, 0.5) is 0 Å². The number of sulfone groups is 1. The van der Waals surface area contributed by atoms with Crippen LogP contribution in [0.1, 0.15) is 16.7 Å². The predicted octanol–water partition coefficient (Wildman–Crippen LogP) is 0.843. The Morgan fingerprint density at radius 1 is 1.57 bits per heavy atom. The number of hydrogen-bond donors (Lipinski definition) is 1. The molecule has 2 aromatic heterocycles. The normalized spacial score (nSPS) is 20.7. The zero-order valence-electron chi connectivity index (χ0n) is 11.5. The predicted molar refractivity (Wildman–Crippen MR) is 77.8 cm³/mol. The summed E-state index contributed by atoms with van der Waals surface area (Å²) in [4.78, 5) is 6.70. The second-order valence-corrected chi connectivity index (χ2v) is 7.87. The van der Waals surface area contributed by atoms with Gasteiger partial charge in [0.05, 0.1) is 37.7 Å². The maximum atomic E-state index is 11.9. The molecule has 3 heterocycles. The van der Waals surface area contributed by atoms with Gasteiger partial charge in [-0.2, -0.15) is 5.10 Å². The van der Waals surface area contributed by atoms with Crippen LogP contribution in [0.5, 0.6) is 0 Å². The second kappa shape index (κ2) is 5.84. The van der Waals surface area contributed by atoms with Gasteiger partial charge >= 0.3 is 0 Å². The van der Waals surface area contributed by atoms with E-state index in [0.717, 1.165) is 11.6 Å². The van der Waals surface area contributed by atoms with E-state index in [0.29, 0.717) is 25.5 Å². The van der Waals surface area contributed by atoms with Crippen molar-refractivity contribution in [1.29, 1.82) is 0 Å². The van der Waals surface area contributed by atoms with Crippen LogP contribution in [0.2, 0.25) is 0 Å². The van der Waals surface area contributed by atoms with E-state index in [1.54, 1.807) is 17.5 Å². The highest BCUT2D eigenvalue weighted by Gasteiger charge is 2.31. The van der Waals surface area contributed by atoms with Crippen LogP contribution < -0.4 is 0 Å². The Kier molecular flexibility index (Phi) is 4.07. The lowest BCUT2D eigenvalue weighted by Gasteiger charge is -2.34. The molecule has 0 radical (unpaired) electrons. The van der Waals surface area contributed by atoms with Crippen molar-refractivity contribution in [3.8, 4) is 0 Å². The number of rotatable bonds is 4. The number of hydrogen-bond acceptors (Lipinski definition) is 7. The van der Waals surface area contributed by atoms with E-state index in [-0.39, 0.29) is 10.9 Å². The topological polar surface area (TPSA) is 88.2 Å². The molecular formula is C12H16N4O3S2. The van der Waals surface area contributed by atoms with Gasteiger partial charge in [0.1, 0.15) is 9.90 Å². The molecule has 1 unspecified atom stereocenters. The lowest BCUT2D eigenvalue weighted by molar-refractivity contribution is -0.0152. The number of nitrogens with zero attached hydrogens (tertiary/aromatic N) is 3. The van der Waals surface area contributed by atoms with Crippen molar-refractivity contribution in [3.63, 3.8) is 0 Å². The Balaban J connectivity index is 1.89. The zero-order valence-corrected chi connectivity index (χ0v) is 13.2. The molecule has 114 valence electrons. The van der Waals surface area contributed by atoms with Crippen LogP contribution in [0.25, 0.3) is 0 Å². The summed E-state index contributed by atoms with van der Waals surface area (Å²) < 4.78 is 29.2. The van der Waals surface area contributed by atoms with Crippen molar-refractivity contribution in [3.05, 3.63) is 28.5 Å². The Labute approximate surface area is 126 Å². The summed E-state index contributed by atoms with van der Waals surface area (Å²) >= 11 is 1.59. The largest absolute Gasteiger partial charge is 0.378 e. The average Bonchev–Trinajstić information content (AvgIpc) is 3.08. The fourth-order valence-corrected chi connectivity index (χ4v) is 3.88. The number of H-pyrrole nitrogens is 1. The number of aromatic amines is 1. The van der Waals surface area contributed by atoms with Gasteiger partial charge in [-0.25, -0.2) is 13.4 Å². The molecule has 1 atom stereocenters. The molecule has 21 heavy (non-hydrogen) atoms. The fraction of sp³-hybridized carbons (Fsp3) is 0.500. The molecule has 2 aromatic rings. The smallest absolute Gasteiger partial charge is 0.178 e. The molecule has 9 heteroatoms. The van der Waals surface area contributed by atoms with Crippen LogP contribution in [0.15, 0.2) is 22.7 Å². The molecule has 0 saturated carbocycles. The maximum Gasteiger partial charge on any atom is 0.178 e. The van der Waals surface area contributed by atoms with E-state index in [4.69, 9.17) is 4.74 Å². The van der Waals surface area contributed by atoms with Gasteiger partial charge in [0.25, 0.3) is 0 Å². The van der Waals surface area contributed by atoms with Crippen LogP contribution in [0.3, 0.4) is 0 Å². The third-order valence-corrected chi connectivity index (χ3v) is 5.31. The number of aromatic nitrogens is 3. The summed E-state index contributed by atoms with van der Waals surface area (Å²) in [5.41, 5.74) is 0.591. The first-order chi connectivity index (χ1) is 10.1. The molecule has 1 fully saturated rings. The van der Waals surface area contributed by atoms with E-state index >= 15 is 0 Å². The van der Waals surface area contributed by atoms with Crippen molar-refractivity contribution in [2.24, 2.45) is 0 Å². The van der Waals surface area contributed by atoms with Crippen LogP contribution in [-0.4, -0.2) is 54.5 Å². The van der Waals surface area contributed by atoms with Gasteiger partial charge in [-0.3, -0.25) is 10.00 Å². The molecule has 0 amide bonds. The highest BCUT2D eigenvalue weighted by atomic mass is 32.2. The summed E-state index contributed by atoms with van der Waals surface area (Å²) in [6.07, 6.45) is 4.32. The van der Waals surface area contributed by atoms with Gasteiger partial charge in [-0.15, -0.1) is 11.3 Å². The summed E-state index contributed by atoms with van der Waals surface area (Å²) in [7, 11) is -3.31. The molecule has 1 N–H and O–H groups in total. The second-order valence-electron chi connectivity index (χ2n) is 4.91. The van der Waals surface area contributed by atoms with Crippen molar-refractivity contribution in [2.75, 3.05) is 26.0 Å². The minimum Gasteiger partial charge on any atom is -0.378 e. The van der Waals surface area contributed by atoms with Gasteiger partial charge in [-0.05, 0) is 0 Å². The Hall–Kier alpha value is -1.29. The van der Waals surface area contributed by atoms with Crippen molar-refractivity contribution < 1.29 is 13.2 Å². The molecule has 1 aliphatic rings. The van der Waals surface area contributed by atoms with E-state index < -0.39 is 9.84 Å². The molecular weight excluding hydrogens is 312 g/mol. The fourth-order valence-electron chi connectivity index (χ4n) is 2.42. The Morgan fingerprint density at radius 2 is 2.43 bits per heavy atom. The average molecular weight is 328 g/mol. The third kappa shape index (κ3) is 3.15. The summed E-state index contributed by atoms with van der Waals surface area (Å²) in [5, 5.41) is 9.66. The van der Waals surface area contributed by atoms with Crippen molar-refractivity contribution >= 4 is 21.2 Å². The van der Waals surface area contributed by atoms with Crippen LogP contribution in [-0.2, 0) is 21.1 Å². The standard InChI is InChI=1S/C12H16N4O3S2/c1-21(17,18)10-6-14-15-12(10)9-8-19-4-3-16(9)7-11-13-2-5-20-11/h2,5-6,9H,3-4,7-8H2,1H3,(H,14,15). The quantitative estimate of drug-likeness (QED) is 0.895. The Bertz CT molecular complexity index is 696. The number of nitrogens with one attached hydrogen (secondary N) is 1. The minimum absolute atomic E-state index is 0.158. The lowest BCUT2D eigenvalue weighted by Crippen LogP contribution is -2.39. The number of ether oxygens (including phenoxy) is 1. The molecule has 7 nitrogen and oxygen atoms in total. The van der Waals surface area contributed by atoms with E-state index in [9.17, 15) is 8.42 Å². The van der Waals surface area contributed by atoms with Crippen molar-refractivity contribution in [2.45, 2.75) is 17.5 Å². The van der Waals surface area contributed by atoms with Gasteiger partial charge in [0.2, 0.25) is 0 Å². The molecule has 3 rings (SSSR count). The Morgan fingerprint density at radius 3 is 3.14 bits per heavy atom. The van der Waals surface area contributed by atoms with E-state index in [2.05, 4.69) is 20.1 Å². The molecule has 1 aliphatic heterocycles. The van der Waals surface area contributed by atoms with Gasteiger partial charge < -0.3 is 4.74 Å². The first-order valence-electron chi connectivity index (χ1n) is 6.49. The maximum absolute atomic E-state index is 11.9. The zero-order chi connectivity index (χ0) is 14.9. The number of thiazole rings is 1. The highest BCUT2D eigenvalue weighted by Crippen LogP contribution is 2.29.